The Hall–Kier alpha value is -2.94. The van der Waals surface area contributed by atoms with Crippen molar-refractivity contribution in [3.8, 4) is 0 Å². The molecule has 0 fully saturated rings. The van der Waals surface area contributed by atoms with Crippen molar-refractivity contribution >= 4 is 27.4 Å². The van der Waals surface area contributed by atoms with E-state index in [4.69, 9.17) is 4.74 Å². The number of hydrogen-bond donors (Lipinski definition) is 1. The number of ether oxygens (including phenoxy) is 1. The zero-order chi connectivity index (χ0) is 19.5. The van der Waals surface area contributed by atoms with E-state index in [1.54, 1.807) is 13.8 Å². The second kappa shape index (κ2) is 7.52. The second-order valence-corrected chi connectivity index (χ2v) is 7.52. The van der Waals surface area contributed by atoms with Crippen LogP contribution in [0.4, 0.5) is 11.4 Å². The van der Waals surface area contributed by atoms with Crippen molar-refractivity contribution in [3.63, 3.8) is 0 Å². The third-order valence-electron chi connectivity index (χ3n) is 3.40. The molecule has 0 atom stereocenters. The third kappa shape index (κ3) is 4.57. The largest absolute Gasteiger partial charge is 0.459 e. The number of rotatable bonds is 6. The topological polar surface area (TPSA) is 116 Å². The standard InChI is InChI=1S/C17H18N2O6S/c1-11(2)25-17(20)13-5-7-14(8-6-13)18-26(23,24)15-9-4-12(3)16(10-15)19(21)22/h4-11,18H,1-3H3. The van der Waals surface area contributed by atoms with Crippen LogP contribution in [0.3, 0.4) is 0 Å². The number of anilines is 1. The van der Waals surface area contributed by atoms with Gasteiger partial charge in [-0.2, -0.15) is 0 Å². The molecule has 0 amide bonds. The summed E-state index contributed by atoms with van der Waals surface area (Å²) in [6, 6.07) is 9.36. The van der Waals surface area contributed by atoms with Gasteiger partial charge in [0.25, 0.3) is 15.7 Å². The number of nitro groups is 1. The number of carbonyl (C=O) groups excluding carboxylic acids is 1. The van der Waals surface area contributed by atoms with Crippen LogP contribution in [0.1, 0.15) is 29.8 Å². The van der Waals surface area contributed by atoms with E-state index in [2.05, 4.69) is 4.72 Å². The van der Waals surface area contributed by atoms with Crippen molar-refractivity contribution in [2.75, 3.05) is 4.72 Å². The number of benzene rings is 2. The molecule has 2 aromatic rings. The summed E-state index contributed by atoms with van der Waals surface area (Å²) in [5.41, 5.74) is 0.587. The van der Waals surface area contributed by atoms with Gasteiger partial charge in [-0.3, -0.25) is 14.8 Å². The maximum atomic E-state index is 12.4. The summed E-state index contributed by atoms with van der Waals surface area (Å²) in [4.78, 5) is 21.9. The van der Waals surface area contributed by atoms with Crippen molar-refractivity contribution in [1.82, 2.24) is 0 Å². The molecule has 9 heteroatoms. The highest BCUT2D eigenvalue weighted by Gasteiger charge is 2.20. The summed E-state index contributed by atoms with van der Waals surface area (Å²) in [5.74, 6) is -0.511. The van der Waals surface area contributed by atoms with E-state index in [9.17, 15) is 23.3 Å². The van der Waals surface area contributed by atoms with Gasteiger partial charge in [-0.25, -0.2) is 13.2 Å². The SMILES string of the molecule is Cc1ccc(S(=O)(=O)Nc2ccc(C(=O)OC(C)C)cc2)cc1[N+](=O)[O-]. The number of aryl methyl sites for hydroxylation is 1. The summed E-state index contributed by atoms with van der Waals surface area (Å²) < 4.78 is 32.2. The number of sulfonamides is 1. The molecular weight excluding hydrogens is 360 g/mol. The first-order valence-electron chi connectivity index (χ1n) is 7.69. The highest BCUT2D eigenvalue weighted by Crippen LogP contribution is 2.24. The summed E-state index contributed by atoms with van der Waals surface area (Å²) in [7, 11) is -4.01. The lowest BCUT2D eigenvalue weighted by Gasteiger charge is -2.10. The van der Waals surface area contributed by atoms with E-state index >= 15 is 0 Å². The van der Waals surface area contributed by atoms with Crippen molar-refractivity contribution in [2.45, 2.75) is 31.8 Å². The summed E-state index contributed by atoms with van der Waals surface area (Å²) in [6.45, 7) is 4.97. The fourth-order valence-electron chi connectivity index (χ4n) is 2.12. The van der Waals surface area contributed by atoms with Gasteiger partial charge in [0, 0.05) is 17.3 Å². The molecule has 2 rings (SSSR count). The van der Waals surface area contributed by atoms with Crippen molar-refractivity contribution < 1.29 is 22.9 Å². The van der Waals surface area contributed by atoms with Gasteiger partial charge < -0.3 is 4.74 Å². The number of hydrogen-bond acceptors (Lipinski definition) is 6. The van der Waals surface area contributed by atoms with Gasteiger partial charge in [-0.1, -0.05) is 6.07 Å². The zero-order valence-electron chi connectivity index (χ0n) is 14.4. The summed E-state index contributed by atoms with van der Waals surface area (Å²) in [5, 5.41) is 11.0. The maximum absolute atomic E-state index is 12.4. The van der Waals surface area contributed by atoms with Gasteiger partial charge in [0.05, 0.1) is 21.5 Å². The quantitative estimate of drug-likeness (QED) is 0.468. The Kier molecular flexibility index (Phi) is 5.61. The number of nitro benzene ring substituents is 1. The van der Waals surface area contributed by atoms with Crippen LogP contribution >= 0.6 is 0 Å². The van der Waals surface area contributed by atoms with E-state index in [-0.39, 0.29) is 27.9 Å². The van der Waals surface area contributed by atoms with E-state index in [1.165, 1.54) is 43.3 Å². The van der Waals surface area contributed by atoms with Gasteiger partial charge >= 0.3 is 5.97 Å². The zero-order valence-corrected chi connectivity index (χ0v) is 15.2. The van der Waals surface area contributed by atoms with Gasteiger partial charge in [0.15, 0.2) is 0 Å². The number of nitrogens with one attached hydrogen (secondary N) is 1. The first-order chi connectivity index (χ1) is 12.1. The lowest BCUT2D eigenvalue weighted by molar-refractivity contribution is -0.385. The Balaban J connectivity index is 2.23. The normalized spacial score (nSPS) is 11.2. The fourth-order valence-corrected chi connectivity index (χ4v) is 3.20. The lowest BCUT2D eigenvalue weighted by Crippen LogP contribution is -2.14. The Morgan fingerprint density at radius 1 is 1.15 bits per heavy atom. The molecule has 0 aliphatic rings. The highest BCUT2D eigenvalue weighted by atomic mass is 32.2. The average molecular weight is 378 g/mol. The van der Waals surface area contributed by atoms with E-state index < -0.39 is 20.9 Å². The minimum Gasteiger partial charge on any atom is -0.459 e. The van der Waals surface area contributed by atoms with Gasteiger partial charge in [-0.05, 0) is 51.1 Å². The smallest absolute Gasteiger partial charge is 0.338 e. The monoisotopic (exact) mass is 378 g/mol. The van der Waals surface area contributed by atoms with Crippen molar-refractivity contribution in [3.05, 3.63) is 63.7 Å². The number of nitrogens with zero attached hydrogens (tertiary/aromatic N) is 1. The predicted molar refractivity (Wildman–Crippen MR) is 95.6 cm³/mol. The average Bonchev–Trinajstić information content (AvgIpc) is 2.54. The van der Waals surface area contributed by atoms with Crippen LogP contribution in [0.5, 0.6) is 0 Å². The van der Waals surface area contributed by atoms with Crippen molar-refractivity contribution in [2.24, 2.45) is 0 Å². The first-order valence-corrected chi connectivity index (χ1v) is 9.17. The van der Waals surface area contributed by atoms with Gasteiger partial charge in [0.2, 0.25) is 0 Å². The maximum Gasteiger partial charge on any atom is 0.338 e. The molecule has 0 aromatic heterocycles. The summed E-state index contributed by atoms with van der Waals surface area (Å²) in [6.07, 6.45) is -0.266. The Labute approximate surface area is 151 Å². The van der Waals surface area contributed by atoms with Crippen LogP contribution < -0.4 is 4.72 Å². The molecule has 0 bridgehead atoms. The molecular formula is C17H18N2O6S. The van der Waals surface area contributed by atoms with Crippen LogP contribution in [-0.4, -0.2) is 25.4 Å². The van der Waals surface area contributed by atoms with E-state index in [0.717, 1.165) is 6.07 Å². The first kappa shape index (κ1) is 19.4. The molecule has 0 saturated carbocycles. The molecule has 0 radical (unpaired) electrons. The highest BCUT2D eigenvalue weighted by molar-refractivity contribution is 7.92. The van der Waals surface area contributed by atoms with Gasteiger partial charge in [-0.15, -0.1) is 0 Å². The van der Waals surface area contributed by atoms with Crippen LogP contribution in [0.2, 0.25) is 0 Å². The van der Waals surface area contributed by atoms with Gasteiger partial charge in [0.1, 0.15) is 0 Å². The number of esters is 1. The molecule has 26 heavy (non-hydrogen) atoms. The van der Waals surface area contributed by atoms with Crippen LogP contribution in [0.15, 0.2) is 47.4 Å². The molecule has 2 aromatic carbocycles. The number of carbonyl (C=O) groups is 1. The van der Waals surface area contributed by atoms with Crippen LogP contribution in [0, 0.1) is 17.0 Å². The molecule has 8 nitrogen and oxygen atoms in total. The molecule has 0 unspecified atom stereocenters. The van der Waals surface area contributed by atoms with E-state index in [1.807, 2.05) is 0 Å². The van der Waals surface area contributed by atoms with Crippen LogP contribution in [-0.2, 0) is 14.8 Å². The minimum atomic E-state index is -4.01. The molecule has 0 aliphatic heterocycles. The van der Waals surface area contributed by atoms with Crippen molar-refractivity contribution in [1.29, 1.82) is 0 Å². The second-order valence-electron chi connectivity index (χ2n) is 5.84. The Morgan fingerprint density at radius 2 is 1.77 bits per heavy atom. The molecule has 0 spiro atoms. The Bertz CT molecular complexity index is 936. The molecule has 1 N–H and O–H groups in total. The molecule has 0 saturated heterocycles. The molecule has 0 heterocycles. The summed E-state index contributed by atoms with van der Waals surface area (Å²) >= 11 is 0. The van der Waals surface area contributed by atoms with Crippen LogP contribution in [0.25, 0.3) is 0 Å². The Morgan fingerprint density at radius 3 is 2.31 bits per heavy atom. The minimum absolute atomic E-state index is 0.217. The molecule has 0 aliphatic carbocycles. The molecule has 138 valence electrons. The third-order valence-corrected chi connectivity index (χ3v) is 4.78. The predicted octanol–water partition coefficient (Wildman–Crippen LogP) is 3.27. The van der Waals surface area contributed by atoms with E-state index in [0.29, 0.717) is 5.56 Å². The fraction of sp³-hybridized carbons (Fsp3) is 0.235. The lowest BCUT2D eigenvalue weighted by atomic mass is 10.2.